The molecule has 1 saturated carbocycles. The molecule has 2 aromatic rings. The second kappa shape index (κ2) is 9.91. The van der Waals surface area contributed by atoms with Gasteiger partial charge in [0.25, 0.3) is 0 Å². The minimum atomic E-state index is -0.225. The Bertz CT molecular complexity index is 680. The monoisotopic (exact) mass is 366 g/mol. The summed E-state index contributed by atoms with van der Waals surface area (Å²) in [7, 11) is 1.74. The first kappa shape index (κ1) is 19.9. The van der Waals surface area contributed by atoms with E-state index in [4.69, 9.17) is 4.74 Å². The standard InChI is InChI=1S/C24H34N2O/c1-3-24(21-14-7-6-8-15-21,26-22-16-9-4-5-10-17-22)25-19-20-13-11-12-18-23(20)27-2/h6-8,11-15,18,22,25-26H,3-5,9-10,16-17,19H2,1-2H3. The summed E-state index contributed by atoms with van der Waals surface area (Å²) < 4.78 is 5.56. The number of hydrogen-bond donors (Lipinski definition) is 2. The van der Waals surface area contributed by atoms with Crippen molar-refractivity contribution < 1.29 is 4.74 Å². The van der Waals surface area contributed by atoms with Gasteiger partial charge in [0.1, 0.15) is 5.75 Å². The minimum absolute atomic E-state index is 0.225. The molecule has 1 fully saturated rings. The van der Waals surface area contributed by atoms with Gasteiger partial charge in [-0.3, -0.25) is 10.6 Å². The van der Waals surface area contributed by atoms with E-state index in [1.165, 1.54) is 49.7 Å². The molecule has 1 atom stereocenters. The summed E-state index contributed by atoms with van der Waals surface area (Å²) >= 11 is 0. The maximum atomic E-state index is 5.56. The quantitative estimate of drug-likeness (QED) is 0.487. The molecule has 0 radical (unpaired) electrons. The molecule has 0 aliphatic heterocycles. The Labute approximate surface area is 164 Å². The van der Waals surface area contributed by atoms with Crippen LogP contribution in [0.5, 0.6) is 5.75 Å². The van der Waals surface area contributed by atoms with Gasteiger partial charge in [-0.1, -0.05) is 81.1 Å². The molecule has 0 saturated heterocycles. The first-order chi connectivity index (χ1) is 13.3. The molecular formula is C24H34N2O. The fraction of sp³-hybridized carbons (Fsp3) is 0.500. The number of nitrogens with one attached hydrogen (secondary N) is 2. The van der Waals surface area contributed by atoms with Crippen molar-refractivity contribution in [2.75, 3.05) is 7.11 Å². The van der Waals surface area contributed by atoms with Gasteiger partial charge >= 0.3 is 0 Å². The highest BCUT2D eigenvalue weighted by Gasteiger charge is 2.32. The predicted molar refractivity (Wildman–Crippen MR) is 113 cm³/mol. The topological polar surface area (TPSA) is 33.3 Å². The second-order valence-electron chi connectivity index (χ2n) is 7.62. The molecule has 2 N–H and O–H groups in total. The van der Waals surface area contributed by atoms with E-state index in [0.29, 0.717) is 6.04 Å². The molecule has 0 heterocycles. The van der Waals surface area contributed by atoms with Gasteiger partial charge in [-0.25, -0.2) is 0 Å². The van der Waals surface area contributed by atoms with Crippen molar-refractivity contribution in [3.8, 4) is 5.75 Å². The van der Waals surface area contributed by atoms with E-state index in [1.807, 2.05) is 12.1 Å². The van der Waals surface area contributed by atoms with E-state index in [1.54, 1.807) is 7.11 Å². The van der Waals surface area contributed by atoms with Gasteiger partial charge in [0.15, 0.2) is 0 Å². The van der Waals surface area contributed by atoms with Crippen molar-refractivity contribution in [3.63, 3.8) is 0 Å². The van der Waals surface area contributed by atoms with Crippen LogP contribution in [0.3, 0.4) is 0 Å². The van der Waals surface area contributed by atoms with E-state index >= 15 is 0 Å². The number of hydrogen-bond acceptors (Lipinski definition) is 3. The third-order valence-corrected chi connectivity index (χ3v) is 5.88. The molecule has 3 rings (SSSR count). The molecule has 0 amide bonds. The van der Waals surface area contributed by atoms with Gasteiger partial charge in [0.05, 0.1) is 12.8 Å². The molecule has 0 bridgehead atoms. The van der Waals surface area contributed by atoms with E-state index in [2.05, 4.69) is 60.0 Å². The lowest BCUT2D eigenvalue weighted by atomic mass is 9.93. The largest absolute Gasteiger partial charge is 0.496 e. The molecule has 146 valence electrons. The Balaban J connectivity index is 1.84. The molecule has 1 aliphatic rings. The van der Waals surface area contributed by atoms with Gasteiger partial charge < -0.3 is 4.74 Å². The smallest absolute Gasteiger partial charge is 0.123 e. The Morgan fingerprint density at radius 2 is 1.59 bits per heavy atom. The van der Waals surface area contributed by atoms with Crippen molar-refractivity contribution in [1.82, 2.24) is 10.6 Å². The molecular weight excluding hydrogens is 332 g/mol. The van der Waals surface area contributed by atoms with Crippen LogP contribution in [-0.4, -0.2) is 13.2 Å². The maximum absolute atomic E-state index is 5.56. The fourth-order valence-corrected chi connectivity index (χ4v) is 4.26. The number of rotatable bonds is 8. The predicted octanol–water partition coefficient (Wildman–Crippen LogP) is 5.36. The summed E-state index contributed by atoms with van der Waals surface area (Å²) in [6.45, 7) is 3.04. The zero-order chi connectivity index (χ0) is 19.0. The molecule has 2 aromatic carbocycles. The summed E-state index contributed by atoms with van der Waals surface area (Å²) in [5.74, 6) is 0.942. The summed E-state index contributed by atoms with van der Waals surface area (Å²) in [5, 5.41) is 7.90. The van der Waals surface area contributed by atoms with E-state index < -0.39 is 0 Å². The summed E-state index contributed by atoms with van der Waals surface area (Å²) in [4.78, 5) is 0. The van der Waals surface area contributed by atoms with Gasteiger partial charge in [-0.05, 0) is 30.9 Å². The molecule has 27 heavy (non-hydrogen) atoms. The lowest BCUT2D eigenvalue weighted by Gasteiger charge is -2.39. The summed E-state index contributed by atoms with van der Waals surface area (Å²) in [6, 6.07) is 19.7. The Hall–Kier alpha value is -1.84. The number of para-hydroxylation sites is 1. The Morgan fingerprint density at radius 1 is 0.926 bits per heavy atom. The molecule has 1 aliphatic carbocycles. The highest BCUT2D eigenvalue weighted by molar-refractivity contribution is 5.33. The number of benzene rings is 2. The lowest BCUT2D eigenvalue weighted by molar-refractivity contribution is 0.205. The Kier molecular flexibility index (Phi) is 7.31. The van der Waals surface area contributed by atoms with Crippen LogP contribution >= 0.6 is 0 Å². The first-order valence-corrected chi connectivity index (χ1v) is 10.5. The van der Waals surface area contributed by atoms with Crippen LogP contribution in [0.25, 0.3) is 0 Å². The van der Waals surface area contributed by atoms with Gasteiger partial charge in [0.2, 0.25) is 0 Å². The van der Waals surface area contributed by atoms with Gasteiger partial charge in [-0.15, -0.1) is 0 Å². The maximum Gasteiger partial charge on any atom is 0.123 e. The van der Waals surface area contributed by atoms with E-state index in [0.717, 1.165) is 18.7 Å². The lowest BCUT2D eigenvalue weighted by Crippen LogP contribution is -2.56. The number of methoxy groups -OCH3 is 1. The van der Waals surface area contributed by atoms with E-state index in [9.17, 15) is 0 Å². The van der Waals surface area contributed by atoms with Crippen LogP contribution in [-0.2, 0) is 12.2 Å². The second-order valence-corrected chi connectivity index (χ2v) is 7.62. The SMILES string of the molecule is CCC(NCc1ccccc1OC)(NC1CCCCCC1)c1ccccc1. The van der Waals surface area contributed by atoms with Gasteiger partial charge in [0, 0.05) is 18.2 Å². The summed E-state index contributed by atoms with van der Waals surface area (Å²) in [5.41, 5.74) is 2.28. The molecule has 3 nitrogen and oxygen atoms in total. The van der Waals surface area contributed by atoms with Crippen LogP contribution < -0.4 is 15.4 Å². The van der Waals surface area contributed by atoms with E-state index in [-0.39, 0.29) is 5.66 Å². The molecule has 0 spiro atoms. The van der Waals surface area contributed by atoms with Crippen LogP contribution in [0.1, 0.15) is 63.0 Å². The van der Waals surface area contributed by atoms with Crippen molar-refractivity contribution in [3.05, 3.63) is 65.7 Å². The van der Waals surface area contributed by atoms with Crippen LogP contribution in [0.2, 0.25) is 0 Å². The zero-order valence-corrected chi connectivity index (χ0v) is 16.8. The average Bonchev–Trinajstić information content (AvgIpc) is 3.00. The van der Waals surface area contributed by atoms with Gasteiger partial charge in [-0.2, -0.15) is 0 Å². The van der Waals surface area contributed by atoms with Crippen LogP contribution in [0.4, 0.5) is 0 Å². The first-order valence-electron chi connectivity index (χ1n) is 10.5. The third-order valence-electron chi connectivity index (χ3n) is 5.88. The van der Waals surface area contributed by atoms with Crippen molar-refractivity contribution in [2.24, 2.45) is 0 Å². The highest BCUT2D eigenvalue weighted by atomic mass is 16.5. The Morgan fingerprint density at radius 3 is 2.26 bits per heavy atom. The third kappa shape index (κ3) is 5.12. The molecule has 0 aromatic heterocycles. The fourth-order valence-electron chi connectivity index (χ4n) is 4.26. The van der Waals surface area contributed by atoms with Crippen LogP contribution in [0.15, 0.2) is 54.6 Å². The molecule has 1 unspecified atom stereocenters. The van der Waals surface area contributed by atoms with Crippen molar-refractivity contribution in [2.45, 2.75) is 70.1 Å². The molecule has 3 heteroatoms. The zero-order valence-electron chi connectivity index (χ0n) is 16.8. The van der Waals surface area contributed by atoms with Crippen molar-refractivity contribution in [1.29, 1.82) is 0 Å². The highest BCUT2D eigenvalue weighted by Crippen LogP contribution is 2.28. The van der Waals surface area contributed by atoms with Crippen LogP contribution in [0, 0.1) is 0 Å². The van der Waals surface area contributed by atoms with Crippen molar-refractivity contribution >= 4 is 0 Å². The number of ether oxygens (including phenoxy) is 1. The minimum Gasteiger partial charge on any atom is -0.496 e. The normalized spacial score (nSPS) is 17.9. The summed E-state index contributed by atoms with van der Waals surface area (Å²) in [6.07, 6.45) is 8.94. The average molecular weight is 367 g/mol.